The Balaban J connectivity index is 3.41. The van der Waals surface area contributed by atoms with Crippen molar-refractivity contribution >= 4 is 12.1 Å². The van der Waals surface area contributed by atoms with E-state index in [2.05, 4.69) is 5.32 Å². The third-order valence-electron chi connectivity index (χ3n) is 2.14. The molecule has 0 unspecified atom stereocenters. The summed E-state index contributed by atoms with van der Waals surface area (Å²) in [7, 11) is 0. The molecule has 6 heteroatoms. The van der Waals surface area contributed by atoms with Gasteiger partial charge in [-0.15, -0.1) is 0 Å². The van der Waals surface area contributed by atoms with Gasteiger partial charge in [0.25, 0.3) is 0 Å². The molecule has 0 bridgehead atoms. The predicted octanol–water partition coefficient (Wildman–Crippen LogP) is 2.43. The number of unbranched alkanes of at least 4 members (excludes halogenated alkanes) is 1. The molecule has 0 aromatic carbocycles. The second kappa shape index (κ2) is 11.1. The van der Waals surface area contributed by atoms with Crippen LogP contribution < -0.4 is 5.32 Å². The Labute approximate surface area is 126 Å². The molecule has 0 aromatic heterocycles. The molecule has 0 aliphatic carbocycles. The van der Waals surface area contributed by atoms with E-state index in [9.17, 15) is 9.59 Å². The third kappa shape index (κ3) is 14.7. The molecular formula is C15H27NO5. The number of nitrogens with one attached hydrogen (secondary N) is 1. The van der Waals surface area contributed by atoms with Crippen LogP contribution in [0.25, 0.3) is 0 Å². The highest BCUT2D eigenvalue weighted by Crippen LogP contribution is 2.06. The molecule has 0 radical (unpaired) electrons. The highest BCUT2D eigenvalue weighted by Gasteiger charge is 2.15. The summed E-state index contributed by atoms with van der Waals surface area (Å²) in [4.78, 5) is 22.3. The summed E-state index contributed by atoms with van der Waals surface area (Å²) >= 11 is 0. The summed E-state index contributed by atoms with van der Waals surface area (Å²) < 4.78 is 15.1. The molecule has 0 atom stereocenters. The first-order valence-electron chi connectivity index (χ1n) is 7.23. The number of carbonyl (C=O) groups is 2. The van der Waals surface area contributed by atoms with Gasteiger partial charge in [-0.3, -0.25) is 0 Å². The van der Waals surface area contributed by atoms with Gasteiger partial charge >= 0.3 is 12.1 Å². The van der Waals surface area contributed by atoms with E-state index < -0.39 is 11.7 Å². The van der Waals surface area contributed by atoms with E-state index in [1.807, 2.05) is 20.8 Å². The molecule has 0 rings (SSSR count). The Hall–Kier alpha value is -1.56. The first-order valence-corrected chi connectivity index (χ1v) is 7.23. The number of alkyl carbamates (subject to hydrolysis) is 1. The molecule has 0 fully saturated rings. The lowest BCUT2D eigenvalue weighted by Crippen LogP contribution is -2.33. The highest BCUT2D eigenvalue weighted by atomic mass is 16.6. The molecule has 21 heavy (non-hydrogen) atoms. The van der Waals surface area contributed by atoms with E-state index in [0.29, 0.717) is 26.4 Å². The number of esters is 1. The molecule has 1 N–H and O–H groups in total. The number of ether oxygens (including phenoxy) is 3. The quantitative estimate of drug-likeness (QED) is 0.402. The van der Waals surface area contributed by atoms with Gasteiger partial charge in [0.1, 0.15) is 5.60 Å². The van der Waals surface area contributed by atoms with E-state index in [-0.39, 0.29) is 5.97 Å². The minimum absolute atomic E-state index is 0.359. The standard InChI is InChI=1S/C15H27NO5/c1-5-20-13(17)9-8-12-19-11-7-6-10-16-14(18)21-15(2,3)4/h8-9H,5-7,10-12H2,1-4H3,(H,16,18)/b9-8+. The zero-order valence-electron chi connectivity index (χ0n) is 13.4. The van der Waals surface area contributed by atoms with Crippen LogP contribution in [0.1, 0.15) is 40.5 Å². The first-order chi connectivity index (χ1) is 9.85. The molecule has 1 amide bonds. The van der Waals surface area contributed by atoms with Crippen molar-refractivity contribution in [1.82, 2.24) is 5.32 Å². The molecule has 122 valence electrons. The second-order valence-corrected chi connectivity index (χ2v) is 5.37. The van der Waals surface area contributed by atoms with Crippen LogP contribution in [0, 0.1) is 0 Å². The summed E-state index contributed by atoms with van der Waals surface area (Å²) in [6.45, 7) is 9.10. The van der Waals surface area contributed by atoms with Gasteiger partial charge in [-0.2, -0.15) is 0 Å². The molecule has 0 aliphatic heterocycles. The minimum atomic E-state index is -0.474. The second-order valence-electron chi connectivity index (χ2n) is 5.37. The summed E-state index contributed by atoms with van der Waals surface area (Å²) in [6.07, 6.45) is 4.20. The zero-order valence-corrected chi connectivity index (χ0v) is 13.4. The third-order valence-corrected chi connectivity index (χ3v) is 2.14. The van der Waals surface area contributed by atoms with Gasteiger partial charge in [0.05, 0.1) is 13.2 Å². The number of amides is 1. The van der Waals surface area contributed by atoms with Crippen LogP contribution in [-0.4, -0.2) is 44.0 Å². The van der Waals surface area contributed by atoms with Crippen molar-refractivity contribution in [2.75, 3.05) is 26.4 Å². The fourth-order valence-electron chi connectivity index (χ4n) is 1.32. The van der Waals surface area contributed by atoms with Crippen LogP contribution in [0.4, 0.5) is 4.79 Å². The summed E-state index contributed by atoms with van der Waals surface area (Å²) in [5, 5.41) is 2.68. The van der Waals surface area contributed by atoms with E-state index in [1.54, 1.807) is 13.0 Å². The van der Waals surface area contributed by atoms with Crippen molar-refractivity contribution in [3.8, 4) is 0 Å². The van der Waals surface area contributed by atoms with Crippen molar-refractivity contribution < 1.29 is 23.8 Å². The molecule has 0 saturated heterocycles. The first kappa shape index (κ1) is 19.4. The van der Waals surface area contributed by atoms with Gasteiger partial charge in [0.2, 0.25) is 0 Å². The fourth-order valence-corrected chi connectivity index (χ4v) is 1.32. The van der Waals surface area contributed by atoms with Gasteiger partial charge in [-0.25, -0.2) is 9.59 Å². The van der Waals surface area contributed by atoms with Crippen LogP contribution in [0.3, 0.4) is 0 Å². The zero-order chi connectivity index (χ0) is 16.1. The number of carbonyl (C=O) groups excluding carboxylic acids is 2. The van der Waals surface area contributed by atoms with Crippen LogP contribution in [0.5, 0.6) is 0 Å². The van der Waals surface area contributed by atoms with E-state index >= 15 is 0 Å². The maximum absolute atomic E-state index is 11.3. The van der Waals surface area contributed by atoms with E-state index in [4.69, 9.17) is 14.2 Å². The summed E-state index contributed by atoms with van der Waals surface area (Å²) in [6, 6.07) is 0. The van der Waals surface area contributed by atoms with E-state index in [0.717, 1.165) is 12.8 Å². The van der Waals surface area contributed by atoms with Crippen molar-refractivity contribution in [2.45, 2.75) is 46.1 Å². The number of hydrogen-bond acceptors (Lipinski definition) is 5. The van der Waals surface area contributed by atoms with Gasteiger partial charge in [-0.05, 0) is 40.5 Å². The fraction of sp³-hybridized carbons (Fsp3) is 0.733. The molecule has 0 heterocycles. The normalized spacial score (nSPS) is 11.4. The maximum Gasteiger partial charge on any atom is 0.407 e. The Bertz CT molecular complexity index is 333. The lowest BCUT2D eigenvalue weighted by Gasteiger charge is -2.19. The average molecular weight is 301 g/mol. The molecule has 0 spiro atoms. The predicted molar refractivity (Wildman–Crippen MR) is 80.1 cm³/mol. The van der Waals surface area contributed by atoms with Gasteiger partial charge in [-0.1, -0.05) is 6.08 Å². The minimum Gasteiger partial charge on any atom is -0.463 e. The van der Waals surface area contributed by atoms with Crippen molar-refractivity contribution in [3.05, 3.63) is 12.2 Å². The van der Waals surface area contributed by atoms with Gasteiger partial charge in [0, 0.05) is 19.2 Å². The van der Waals surface area contributed by atoms with Gasteiger partial charge in [0.15, 0.2) is 0 Å². The van der Waals surface area contributed by atoms with Crippen molar-refractivity contribution in [2.24, 2.45) is 0 Å². The molecule has 6 nitrogen and oxygen atoms in total. The Morgan fingerprint density at radius 3 is 2.52 bits per heavy atom. The Morgan fingerprint density at radius 2 is 1.90 bits per heavy atom. The Kier molecular flexibility index (Phi) is 10.3. The van der Waals surface area contributed by atoms with Crippen LogP contribution >= 0.6 is 0 Å². The van der Waals surface area contributed by atoms with Crippen LogP contribution in [0.15, 0.2) is 12.2 Å². The van der Waals surface area contributed by atoms with Crippen LogP contribution in [-0.2, 0) is 19.0 Å². The smallest absolute Gasteiger partial charge is 0.407 e. The van der Waals surface area contributed by atoms with Crippen molar-refractivity contribution in [3.63, 3.8) is 0 Å². The van der Waals surface area contributed by atoms with E-state index in [1.165, 1.54) is 6.08 Å². The number of hydrogen-bond donors (Lipinski definition) is 1. The Morgan fingerprint density at radius 1 is 1.19 bits per heavy atom. The topological polar surface area (TPSA) is 73.9 Å². The lowest BCUT2D eigenvalue weighted by atomic mass is 10.2. The van der Waals surface area contributed by atoms with Gasteiger partial charge < -0.3 is 19.5 Å². The molecule has 0 aromatic rings. The van der Waals surface area contributed by atoms with Crippen molar-refractivity contribution in [1.29, 1.82) is 0 Å². The summed E-state index contributed by atoms with van der Waals surface area (Å²) in [5.41, 5.74) is -0.474. The van der Waals surface area contributed by atoms with Crippen LogP contribution in [0.2, 0.25) is 0 Å². The molecule has 0 saturated carbocycles. The SMILES string of the molecule is CCOC(=O)/C=C/COCCCCNC(=O)OC(C)(C)C. The molecule has 0 aliphatic rings. The average Bonchev–Trinajstić information content (AvgIpc) is 2.35. The maximum atomic E-state index is 11.3. The lowest BCUT2D eigenvalue weighted by molar-refractivity contribution is -0.137. The number of rotatable bonds is 9. The molecular weight excluding hydrogens is 274 g/mol. The summed E-state index contributed by atoms with van der Waals surface area (Å²) in [5.74, 6) is -0.359. The monoisotopic (exact) mass is 301 g/mol. The highest BCUT2D eigenvalue weighted by molar-refractivity contribution is 5.81. The largest absolute Gasteiger partial charge is 0.463 e.